The Morgan fingerprint density at radius 1 is 1.26 bits per heavy atom. The minimum atomic E-state index is -0.121. The van der Waals surface area contributed by atoms with Crippen LogP contribution < -0.4 is 10.1 Å². The van der Waals surface area contributed by atoms with E-state index in [2.05, 4.69) is 17.3 Å². The van der Waals surface area contributed by atoms with Crippen molar-refractivity contribution in [1.82, 2.24) is 15.1 Å². The molecule has 0 bridgehead atoms. The van der Waals surface area contributed by atoms with E-state index in [1.807, 2.05) is 36.1 Å². The smallest absolute Gasteiger partial charge is 0.225 e. The maximum atomic E-state index is 12.6. The SMILES string of the molecule is CCC(=O)N1CCCC(C(=O)NCc2cccc(OCCN(C)C3CCOCC3)c2)C1. The van der Waals surface area contributed by atoms with Crippen molar-refractivity contribution >= 4 is 11.8 Å². The van der Waals surface area contributed by atoms with E-state index in [1.54, 1.807) is 0 Å². The van der Waals surface area contributed by atoms with E-state index in [9.17, 15) is 9.59 Å². The lowest BCUT2D eigenvalue weighted by molar-refractivity contribution is -0.135. The number of nitrogens with zero attached hydrogens (tertiary/aromatic N) is 2. The molecule has 31 heavy (non-hydrogen) atoms. The first kappa shape index (κ1) is 23.5. The summed E-state index contributed by atoms with van der Waals surface area (Å²) >= 11 is 0. The van der Waals surface area contributed by atoms with Gasteiger partial charge in [0.25, 0.3) is 0 Å². The molecule has 0 aliphatic carbocycles. The Balaban J connectivity index is 1.41. The molecule has 1 atom stereocenters. The monoisotopic (exact) mass is 431 g/mol. The van der Waals surface area contributed by atoms with E-state index in [4.69, 9.17) is 9.47 Å². The standard InChI is InChI=1S/C24H37N3O4/c1-3-23(28)27-11-5-7-20(18-27)24(29)25-17-19-6-4-8-22(16-19)31-15-12-26(2)21-9-13-30-14-10-21/h4,6,8,16,20-21H,3,5,7,9-15,17-18H2,1-2H3,(H,25,29). The molecule has 0 aromatic heterocycles. The van der Waals surface area contributed by atoms with Gasteiger partial charge in [0.15, 0.2) is 0 Å². The molecule has 2 aliphatic heterocycles. The van der Waals surface area contributed by atoms with Crippen LogP contribution in [0.4, 0.5) is 0 Å². The van der Waals surface area contributed by atoms with Gasteiger partial charge >= 0.3 is 0 Å². The van der Waals surface area contributed by atoms with Crippen molar-refractivity contribution in [3.63, 3.8) is 0 Å². The van der Waals surface area contributed by atoms with Crippen molar-refractivity contribution in [3.8, 4) is 5.75 Å². The highest BCUT2D eigenvalue weighted by Crippen LogP contribution is 2.19. The van der Waals surface area contributed by atoms with Crippen molar-refractivity contribution in [2.45, 2.75) is 51.6 Å². The molecule has 1 unspecified atom stereocenters. The van der Waals surface area contributed by atoms with Gasteiger partial charge in [-0.15, -0.1) is 0 Å². The molecule has 7 nitrogen and oxygen atoms in total. The first-order chi connectivity index (χ1) is 15.1. The molecule has 7 heteroatoms. The van der Waals surface area contributed by atoms with Crippen molar-refractivity contribution in [2.24, 2.45) is 5.92 Å². The summed E-state index contributed by atoms with van der Waals surface area (Å²) in [5.41, 5.74) is 1.01. The highest BCUT2D eigenvalue weighted by molar-refractivity contribution is 5.81. The molecule has 0 saturated carbocycles. The highest BCUT2D eigenvalue weighted by Gasteiger charge is 2.27. The number of likely N-dealkylation sites (tertiary alicyclic amines) is 1. The molecule has 1 aromatic carbocycles. The summed E-state index contributed by atoms with van der Waals surface area (Å²) in [6.07, 6.45) is 4.37. The van der Waals surface area contributed by atoms with E-state index in [0.29, 0.717) is 32.2 Å². The Labute approximate surface area is 186 Å². The third-order valence-electron chi connectivity index (χ3n) is 6.34. The number of carbonyl (C=O) groups is 2. The number of rotatable bonds is 9. The van der Waals surface area contributed by atoms with Gasteiger partial charge in [0.2, 0.25) is 11.8 Å². The molecule has 0 spiro atoms. The maximum Gasteiger partial charge on any atom is 0.225 e. The van der Waals surface area contributed by atoms with Crippen molar-refractivity contribution in [1.29, 1.82) is 0 Å². The van der Waals surface area contributed by atoms with Crippen molar-refractivity contribution in [3.05, 3.63) is 29.8 Å². The molecule has 2 fully saturated rings. The number of benzene rings is 1. The zero-order valence-electron chi connectivity index (χ0n) is 19.0. The van der Waals surface area contributed by atoms with Gasteiger partial charge in [-0.25, -0.2) is 0 Å². The average molecular weight is 432 g/mol. The normalized spacial score (nSPS) is 20.0. The molecule has 1 N–H and O–H groups in total. The summed E-state index contributed by atoms with van der Waals surface area (Å²) in [5.74, 6) is 0.858. The summed E-state index contributed by atoms with van der Waals surface area (Å²) in [6, 6.07) is 8.47. The Hall–Kier alpha value is -2.12. The van der Waals surface area contributed by atoms with Crippen LogP contribution in [0.5, 0.6) is 5.75 Å². The predicted molar refractivity (Wildman–Crippen MR) is 120 cm³/mol. The van der Waals surface area contributed by atoms with Gasteiger partial charge in [-0.3, -0.25) is 14.5 Å². The number of hydrogen-bond donors (Lipinski definition) is 1. The zero-order chi connectivity index (χ0) is 22.1. The van der Waals surface area contributed by atoms with Gasteiger partial charge in [-0.05, 0) is 50.4 Å². The third-order valence-corrected chi connectivity index (χ3v) is 6.34. The Kier molecular flexibility index (Phi) is 9.15. The van der Waals surface area contributed by atoms with Gasteiger partial charge in [0.05, 0.1) is 5.92 Å². The lowest BCUT2D eigenvalue weighted by atomic mass is 9.96. The van der Waals surface area contributed by atoms with E-state index in [-0.39, 0.29) is 17.7 Å². The summed E-state index contributed by atoms with van der Waals surface area (Å²) in [4.78, 5) is 28.7. The number of ether oxygens (including phenoxy) is 2. The van der Waals surface area contributed by atoms with Crippen molar-refractivity contribution < 1.29 is 19.1 Å². The van der Waals surface area contributed by atoms with Crippen LogP contribution in [0.2, 0.25) is 0 Å². The molecule has 172 valence electrons. The number of carbonyl (C=O) groups excluding carboxylic acids is 2. The van der Waals surface area contributed by atoms with Crippen LogP contribution >= 0.6 is 0 Å². The first-order valence-electron chi connectivity index (χ1n) is 11.6. The largest absolute Gasteiger partial charge is 0.492 e. The average Bonchev–Trinajstić information content (AvgIpc) is 2.82. The van der Waals surface area contributed by atoms with Gasteiger partial charge in [-0.1, -0.05) is 19.1 Å². The fourth-order valence-electron chi connectivity index (χ4n) is 4.34. The van der Waals surface area contributed by atoms with Crippen LogP contribution in [0.25, 0.3) is 0 Å². The molecule has 2 saturated heterocycles. The Morgan fingerprint density at radius 2 is 2.06 bits per heavy atom. The second kappa shape index (κ2) is 12.1. The van der Waals surface area contributed by atoms with E-state index < -0.39 is 0 Å². The number of nitrogens with one attached hydrogen (secondary N) is 1. The summed E-state index contributed by atoms with van der Waals surface area (Å²) < 4.78 is 11.4. The van der Waals surface area contributed by atoms with Crippen molar-refractivity contribution in [2.75, 3.05) is 46.5 Å². The van der Waals surface area contributed by atoms with Gasteiger partial charge < -0.3 is 19.7 Å². The first-order valence-corrected chi connectivity index (χ1v) is 11.6. The van der Waals surface area contributed by atoms with Crippen LogP contribution in [0.15, 0.2) is 24.3 Å². The third kappa shape index (κ3) is 7.21. The molecular weight excluding hydrogens is 394 g/mol. The quantitative estimate of drug-likeness (QED) is 0.650. The van der Waals surface area contributed by atoms with Crippen LogP contribution in [-0.4, -0.2) is 74.2 Å². The van der Waals surface area contributed by atoms with Crippen LogP contribution in [0.1, 0.15) is 44.6 Å². The Bertz CT molecular complexity index is 721. The highest BCUT2D eigenvalue weighted by atomic mass is 16.5. The zero-order valence-corrected chi connectivity index (χ0v) is 19.0. The Morgan fingerprint density at radius 3 is 2.84 bits per heavy atom. The minimum Gasteiger partial charge on any atom is -0.492 e. The second-order valence-electron chi connectivity index (χ2n) is 8.57. The number of piperidine rings is 1. The van der Waals surface area contributed by atoms with Crippen LogP contribution in [0.3, 0.4) is 0 Å². The van der Waals surface area contributed by atoms with E-state index >= 15 is 0 Å². The lowest BCUT2D eigenvalue weighted by Gasteiger charge is -2.32. The maximum absolute atomic E-state index is 12.6. The number of hydrogen-bond acceptors (Lipinski definition) is 5. The van der Waals surface area contributed by atoms with E-state index in [1.165, 1.54) is 0 Å². The van der Waals surface area contributed by atoms with E-state index in [0.717, 1.165) is 63.3 Å². The second-order valence-corrected chi connectivity index (χ2v) is 8.57. The van der Waals surface area contributed by atoms with Gasteiger partial charge in [0.1, 0.15) is 12.4 Å². The summed E-state index contributed by atoms with van der Waals surface area (Å²) in [7, 11) is 2.14. The van der Waals surface area contributed by atoms with Crippen LogP contribution in [-0.2, 0) is 20.9 Å². The molecule has 2 heterocycles. The van der Waals surface area contributed by atoms with Crippen LogP contribution in [0, 0.1) is 5.92 Å². The molecule has 3 rings (SSSR count). The summed E-state index contributed by atoms with van der Waals surface area (Å²) in [6.45, 7) is 6.82. The fourth-order valence-corrected chi connectivity index (χ4v) is 4.34. The molecular formula is C24H37N3O4. The predicted octanol–water partition coefficient (Wildman–Crippen LogP) is 2.44. The molecule has 2 amide bonds. The fraction of sp³-hybridized carbons (Fsp3) is 0.667. The number of likely N-dealkylation sites (N-methyl/N-ethyl adjacent to an activating group) is 1. The minimum absolute atomic E-state index is 0.0259. The molecule has 0 radical (unpaired) electrons. The number of amides is 2. The summed E-state index contributed by atoms with van der Waals surface area (Å²) in [5, 5.41) is 3.04. The molecule has 2 aliphatic rings. The van der Waals surface area contributed by atoms with Gasteiger partial charge in [0, 0.05) is 51.9 Å². The lowest BCUT2D eigenvalue weighted by Crippen LogP contribution is -2.45. The topological polar surface area (TPSA) is 71.1 Å². The van der Waals surface area contributed by atoms with Gasteiger partial charge in [-0.2, -0.15) is 0 Å². The molecule has 1 aromatic rings.